The number of hydrogen-bond acceptors (Lipinski definition) is 0. The molecule has 0 unspecified atom stereocenters. The summed E-state index contributed by atoms with van der Waals surface area (Å²) in [7, 11) is 0. The van der Waals surface area contributed by atoms with Crippen molar-refractivity contribution in [3.8, 4) is 0 Å². The maximum absolute atomic E-state index is 8.43. The van der Waals surface area contributed by atoms with E-state index < -0.39 is 0 Å². The fourth-order valence-electron chi connectivity index (χ4n) is 1.82. The van der Waals surface area contributed by atoms with Gasteiger partial charge in [0.2, 0.25) is 0 Å². The van der Waals surface area contributed by atoms with E-state index in [2.05, 4.69) is 6.92 Å². The third-order valence-electron chi connectivity index (χ3n) is 2.83. The van der Waals surface area contributed by atoms with Crippen LogP contribution in [0.3, 0.4) is 0 Å². The standard InChI is InChI=1S/C14H27N/c1-2-3-4-5-6-7-8-9-10-11-12-13-14-15/h13-14H,2-12H2,1H3. The van der Waals surface area contributed by atoms with E-state index in [1.54, 1.807) is 0 Å². The summed E-state index contributed by atoms with van der Waals surface area (Å²) in [6.07, 6.45) is 17.8. The largest absolute Gasteiger partial charge is 0.160 e. The first-order chi connectivity index (χ1) is 7.41. The molecule has 0 aliphatic rings. The van der Waals surface area contributed by atoms with E-state index in [0.717, 1.165) is 12.6 Å². The van der Waals surface area contributed by atoms with Gasteiger partial charge in [-0.1, -0.05) is 70.8 Å². The van der Waals surface area contributed by atoms with Crippen LogP contribution in [0.5, 0.6) is 0 Å². The topological polar surface area (TPSA) is 22.3 Å². The van der Waals surface area contributed by atoms with Crippen LogP contribution in [0.1, 0.15) is 77.6 Å². The van der Waals surface area contributed by atoms with E-state index in [-0.39, 0.29) is 0 Å². The van der Waals surface area contributed by atoms with Crippen molar-refractivity contribution in [1.29, 1.82) is 0 Å². The average molecular weight is 209 g/mol. The summed E-state index contributed by atoms with van der Waals surface area (Å²) >= 11 is 0. The molecule has 0 N–H and O–H groups in total. The van der Waals surface area contributed by atoms with Crippen molar-refractivity contribution >= 4 is 0 Å². The fourth-order valence-corrected chi connectivity index (χ4v) is 1.82. The van der Waals surface area contributed by atoms with Crippen molar-refractivity contribution in [3.05, 3.63) is 12.3 Å². The SMILES string of the molecule is CCCCCCCCCCCCC=C[N]. The molecule has 0 aromatic heterocycles. The van der Waals surface area contributed by atoms with Gasteiger partial charge in [-0.3, -0.25) is 0 Å². The summed E-state index contributed by atoms with van der Waals surface area (Å²) < 4.78 is 0. The van der Waals surface area contributed by atoms with Crippen LogP contribution in [0.25, 0.3) is 0 Å². The molecule has 0 heterocycles. The lowest BCUT2D eigenvalue weighted by molar-refractivity contribution is 0.557. The van der Waals surface area contributed by atoms with E-state index in [1.807, 2.05) is 6.08 Å². The van der Waals surface area contributed by atoms with Gasteiger partial charge in [-0.05, 0) is 12.8 Å². The van der Waals surface area contributed by atoms with E-state index in [1.165, 1.54) is 64.2 Å². The molecular weight excluding hydrogens is 182 g/mol. The molecule has 0 aromatic carbocycles. The molecule has 0 bridgehead atoms. The van der Waals surface area contributed by atoms with Crippen LogP contribution in [0, 0.1) is 0 Å². The Morgan fingerprint density at radius 3 is 1.67 bits per heavy atom. The Morgan fingerprint density at radius 1 is 0.733 bits per heavy atom. The Balaban J connectivity index is 2.86. The van der Waals surface area contributed by atoms with Crippen molar-refractivity contribution in [3.63, 3.8) is 0 Å². The van der Waals surface area contributed by atoms with Crippen LogP contribution >= 0.6 is 0 Å². The Kier molecular flexibility index (Phi) is 13.1. The smallest absolute Gasteiger partial charge is 0.0455 e. The van der Waals surface area contributed by atoms with Crippen molar-refractivity contribution < 1.29 is 0 Å². The molecule has 0 rings (SSSR count). The van der Waals surface area contributed by atoms with Gasteiger partial charge in [-0.15, -0.1) is 0 Å². The van der Waals surface area contributed by atoms with Crippen LogP contribution in [0.4, 0.5) is 0 Å². The van der Waals surface area contributed by atoms with Gasteiger partial charge < -0.3 is 0 Å². The minimum Gasteiger partial charge on any atom is -0.160 e. The third kappa shape index (κ3) is 13.5. The molecule has 0 atom stereocenters. The van der Waals surface area contributed by atoms with Gasteiger partial charge in [-0.25, -0.2) is 0 Å². The molecule has 0 saturated carbocycles. The lowest BCUT2D eigenvalue weighted by Crippen LogP contribution is -1.81. The molecule has 2 radical (unpaired) electrons. The van der Waals surface area contributed by atoms with Gasteiger partial charge in [0.15, 0.2) is 0 Å². The Bertz CT molecular complexity index is 129. The fraction of sp³-hybridized carbons (Fsp3) is 0.857. The second-order valence-electron chi connectivity index (χ2n) is 4.36. The maximum atomic E-state index is 8.43. The van der Waals surface area contributed by atoms with Gasteiger partial charge in [0.1, 0.15) is 0 Å². The maximum Gasteiger partial charge on any atom is 0.0455 e. The van der Waals surface area contributed by atoms with Crippen LogP contribution < -0.4 is 5.73 Å². The molecule has 0 saturated heterocycles. The molecule has 1 nitrogen and oxygen atoms in total. The molecule has 0 spiro atoms. The molecule has 0 aliphatic heterocycles. The zero-order valence-corrected chi connectivity index (χ0v) is 10.4. The first kappa shape index (κ1) is 14.5. The van der Waals surface area contributed by atoms with E-state index in [0.29, 0.717) is 0 Å². The monoisotopic (exact) mass is 209 g/mol. The van der Waals surface area contributed by atoms with Gasteiger partial charge in [0.25, 0.3) is 0 Å². The van der Waals surface area contributed by atoms with E-state index in [9.17, 15) is 0 Å². The number of rotatable bonds is 11. The van der Waals surface area contributed by atoms with Crippen molar-refractivity contribution in [2.45, 2.75) is 77.6 Å². The minimum atomic E-state index is 1.03. The molecule has 0 aromatic rings. The first-order valence-electron chi connectivity index (χ1n) is 6.71. The second-order valence-corrected chi connectivity index (χ2v) is 4.36. The van der Waals surface area contributed by atoms with Gasteiger partial charge in [0, 0.05) is 6.20 Å². The molecule has 0 amide bonds. The Labute approximate surface area is 96.1 Å². The Morgan fingerprint density at radius 2 is 1.20 bits per heavy atom. The summed E-state index contributed by atoms with van der Waals surface area (Å²) in [5.41, 5.74) is 8.43. The second kappa shape index (κ2) is 13.5. The molecular formula is C14H27N. The van der Waals surface area contributed by atoms with Crippen LogP contribution in [0.15, 0.2) is 12.3 Å². The molecule has 1 heteroatoms. The van der Waals surface area contributed by atoms with E-state index in [4.69, 9.17) is 5.73 Å². The lowest BCUT2D eigenvalue weighted by atomic mass is 10.1. The van der Waals surface area contributed by atoms with Gasteiger partial charge in [-0.2, -0.15) is 5.73 Å². The number of allylic oxidation sites excluding steroid dienone is 1. The van der Waals surface area contributed by atoms with Crippen LogP contribution in [0.2, 0.25) is 0 Å². The van der Waals surface area contributed by atoms with Crippen LogP contribution in [-0.2, 0) is 0 Å². The predicted molar refractivity (Wildman–Crippen MR) is 67.7 cm³/mol. The highest BCUT2D eigenvalue weighted by Crippen LogP contribution is 2.11. The first-order valence-corrected chi connectivity index (χ1v) is 6.71. The van der Waals surface area contributed by atoms with Gasteiger partial charge in [0.05, 0.1) is 0 Å². The number of nitrogens with zero attached hydrogens (tertiary/aromatic N) is 1. The van der Waals surface area contributed by atoms with Gasteiger partial charge >= 0.3 is 0 Å². The summed E-state index contributed by atoms with van der Waals surface area (Å²) in [5.74, 6) is 0. The van der Waals surface area contributed by atoms with Crippen molar-refractivity contribution in [2.75, 3.05) is 0 Å². The lowest BCUT2D eigenvalue weighted by Gasteiger charge is -2.00. The highest BCUT2D eigenvalue weighted by atomic mass is 14.5. The zero-order chi connectivity index (χ0) is 11.2. The molecule has 0 aliphatic carbocycles. The summed E-state index contributed by atoms with van der Waals surface area (Å²) in [4.78, 5) is 0. The zero-order valence-electron chi connectivity index (χ0n) is 10.4. The molecule has 15 heavy (non-hydrogen) atoms. The summed E-state index contributed by atoms with van der Waals surface area (Å²) in [6, 6.07) is 0. The molecule has 88 valence electrons. The van der Waals surface area contributed by atoms with Crippen molar-refractivity contribution in [1.82, 2.24) is 5.73 Å². The average Bonchev–Trinajstić information content (AvgIpc) is 2.26. The summed E-state index contributed by atoms with van der Waals surface area (Å²) in [5, 5.41) is 0. The molecule has 0 fully saturated rings. The van der Waals surface area contributed by atoms with Crippen LogP contribution in [-0.4, -0.2) is 0 Å². The van der Waals surface area contributed by atoms with E-state index >= 15 is 0 Å². The Hall–Kier alpha value is -0.460. The quantitative estimate of drug-likeness (QED) is 0.433. The number of unbranched alkanes of at least 4 members (excludes halogenated alkanes) is 10. The predicted octanol–water partition coefficient (Wildman–Crippen LogP) is 4.88. The number of hydrogen-bond donors (Lipinski definition) is 0. The van der Waals surface area contributed by atoms with Crippen molar-refractivity contribution in [2.24, 2.45) is 0 Å². The third-order valence-corrected chi connectivity index (χ3v) is 2.83. The highest BCUT2D eigenvalue weighted by Gasteiger charge is 1.91. The summed E-state index contributed by atoms with van der Waals surface area (Å²) in [6.45, 7) is 2.26. The minimum absolute atomic E-state index is 1.03. The normalized spacial score (nSPS) is 11.3. The highest BCUT2D eigenvalue weighted by molar-refractivity contribution is 4.74.